The molecule has 0 heterocycles. The Morgan fingerprint density at radius 2 is 1.90 bits per heavy atom. The monoisotopic (exact) mass is 278 g/mol. The minimum absolute atomic E-state index is 0.316. The molecule has 2 N–H and O–H groups in total. The molecule has 0 unspecified atom stereocenters. The number of benzene rings is 1. The van der Waals surface area contributed by atoms with Crippen molar-refractivity contribution < 1.29 is 14.7 Å². The van der Waals surface area contributed by atoms with E-state index in [0.717, 1.165) is 11.1 Å². The van der Waals surface area contributed by atoms with Gasteiger partial charge in [-0.25, -0.2) is 9.59 Å². The van der Waals surface area contributed by atoms with Crippen molar-refractivity contribution in [3.63, 3.8) is 0 Å². The maximum atomic E-state index is 12.3. The highest BCUT2D eigenvalue weighted by molar-refractivity contribution is 5.94. The number of urea groups is 1. The van der Waals surface area contributed by atoms with Gasteiger partial charge in [0.05, 0.1) is 0 Å². The van der Waals surface area contributed by atoms with Crippen LogP contribution in [0, 0.1) is 13.8 Å². The molecule has 5 nitrogen and oxygen atoms in total. The number of hydrogen-bond donors (Lipinski definition) is 2. The molecule has 5 heteroatoms. The van der Waals surface area contributed by atoms with E-state index in [1.807, 2.05) is 32.0 Å². The smallest absolute Gasteiger partial charge is 0.329 e. The van der Waals surface area contributed by atoms with Crippen LogP contribution >= 0.6 is 0 Å². The molecule has 1 aromatic rings. The summed E-state index contributed by atoms with van der Waals surface area (Å²) in [6.45, 7) is 8.98. The predicted octanol–water partition coefficient (Wildman–Crippen LogP) is 3.02. The Balaban J connectivity index is 2.96. The van der Waals surface area contributed by atoms with E-state index in [2.05, 4.69) is 5.32 Å². The first kappa shape index (κ1) is 16.0. The lowest BCUT2D eigenvalue weighted by Crippen LogP contribution is -2.54. The van der Waals surface area contributed by atoms with E-state index in [0.29, 0.717) is 12.2 Å². The van der Waals surface area contributed by atoms with Gasteiger partial charge in [0.2, 0.25) is 0 Å². The van der Waals surface area contributed by atoms with E-state index in [1.165, 1.54) is 18.7 Å². The number of carbonyl (C=O) groups excluding carboxylic acids is 1. The average Bonchev–Trinajstić information content (AvgIpc) is 2.33. The molecule has 0 radical (unpaired) electrons. The minimum atomic E-state index is -1.25. The average molecular weight is 278 g/mol. The second kappa shape index (κ2) is 5.94. The van der Waals surface area contributed by atoms with E-state index in [9.17, 15) is 14.7 Å². The molecule has 0 aliphatic carbocycles. The third-order valence-corrected chi connectivity index (χ3v) is 3.38. The van der Waals surface area contributed by atoms with Gasteiger partial charge in [0.25, 0.3) is 0 Å². The van der Waals surface area contributed by atoms with Crippen molar-refractivity contribution in [3.8, 4) is 0 Å². The summed E-state index contributed by atoms with van der Waals surface area (Å²) in [5, 5.41) is 12.0. The van der Waals surface area contributed by atoms with Crippen molar-refractivity contribution in [2.45, 2.75) is 40.2 Å². The van der Waals surface area contributed by atoms with Crippen LogP contribution < -0.4 is 5.32 Å². The Labute approximate surface area is 119 Å². The van der Waals surface area contributed by atoms with Gasteiger partial charge in [0.1, 0.15) is 5.54 Å². The molecule has 1 rings (SSSR count). The molecule has 2 amide bonds. The van der Waals surface area contributed by atoms with Crippen molar-refractivity contribution in [2.75, 3.05) is 11.9 Å². The number of amides is 2. The summed E-state index contributed by atoms with van der Waals surface area (Å²) in [6.07, 6.45) is 0. The van der Waals surface area contributed by atoms with Crippen LogP contribution in [-0.2, 0) is 4.79 Å². The van der Waals surface area contributed by atoms with E-state index in [1.54, 1.807) is 6.92 Å². The van der Waals surface area contributed by atoms with E-state index >= 15 is 0 Å². The first-order valence-corrected chi connectivity index (χ1v) is 6.59. The number of carbonyl (C=O) groups is 2. The van der Waals surface area contributed by atoms with E-state index in [4.69, 9.17) is 0 Å². The standard InChI is InChI=1S/C15H22N2O3/c1-6-17(15(4,5)13(18)19)14(20)16-12-8-7-10(2)9-11(12)3/h7-9H,6H2,1-5H3,(H,16,20)(H,18,19). The Morgan fingerprint density at radius 3 is 2.35 bits per heavy atom. The van der Waals surface area contributed by atoms with E-state index in [-0.39, 0.29) is 0 Å². The van der Waals surface area contributed by atoms with Crippen molar-refractivity contribution in [1.29, 1.82) is 0 Å². The topological polar surface area (TPSA) is 69.6 Å². The highest BCUT2D eigenvalue weighted by Crippen LogP contribution is 2.20. The molecule has 0 aliphatic heterocycles. The third-order valence-electron chi connectivity index (χ3n) is 3.38. The van der Waals surface area contributed by atoms with Crippen molar-refractivity contribution in [1.82, 2.24) is 4.90 Å². The molecule has 0 atom stereocenters. The number of nitrogens with zero attached hydrogens (tertiary/aromatic N) is 1. The van der Waals surface area contributed by atoms with Crippen LogP contribution in [0.15, 0.2) is 18.2 Å². The summed E-state index contributed by atoms with van der Waals surface area (Å²) >= 11 is 0. The Hall–Kier alpha value is -2.04. The van der Waals surface area contributed by atoms with Gasteiger partial charge >= 0.3 is 12.0 Å². The Morgan fingerprint density at radius 1 is 1.30 bits per heavy atom. The SMILES string of the molecule is CCN(C(=O)Nc1ccc(C)cc1C)C(C)(C)C(=O)O. The summed E-state index contributed by atoms with van der Waals surface area (Å²) in [4.78, 5) is 24.9. The van der Waals surface area contributed by atoms with E-state index < -0.39 is 17.5 Å². The first-order chi connectivity index (χ1) is 9.20. The third kappa shape index (κ3) is 3.29. The van der Waals surface area contributed by atoms with Gasteiger partial charge in [-0.2, -0.15) is 0 Å². The number of hydrogen-bond acceptors (Lipinski definition) is 2. The fourth-order valence-electron chi connectivity index (χ4n) is 2.04. The summed E-state index contributed by atoms with van der Waals surface area (Å²) in [5.41, 5.74) is 1.50. The fraction of sp³-hybridized carbons (Fsp3) is 0.467. The molecular weight excluding hydrogens is 256 g/mol. The number of likely N-dealkylation sites (N-methyl/N-ethyl adjacent to an activating group) is 1. The zero-order valence-corrected chi connectivity index (χ0v) is 12.7. The van der Waals surface area contributed by atoms with Crippen molar-refractivity contribution >= 4 is 17.7 Å². The van der Waals surface area contributed by atoms with Gasteiger partial charge in [-0.1, -0.05) is 17.7 Å². The van der Waals surface area contributed by atoms with Crippen LogP contribution in [0.2, 0.25) is 0 Å². The summed E-state index contributed by atoms with van der Waals surface area (Å²) in [5.74, 6) is -1.03. The number of rotatable bonds is 4. The number of carboxylic acid groups (broad SMARTS) is 1. The molecule has 0 aromatic heterocycles. The maximum Gasteiger partial charge on any atom is 0.329 e. The second-order valence-electron chi connectivity index (χ2n) is 5.36. The number of carboxylic acids is 1. The van der Waals surface area contributed by atoms with Crippen LogP contribution in [0.3, 0.4) is 0 Å². The lowest BCUT2D eigenvalue weighted by molar-refractivity contribution is -0.147. The van der Waals surface area contributed by atoms with Gasteiger partial charge < -0.3 is 15.3 Å². The van der Waals surface area contributed by atoms with Crippen LogP contribution in [0.25, 0.3) is 0 Å². The Bertz CT molecular complexity index is 524. The maximum absolute atomic E-state index is 12.3. The molecule has 0 saturated carbocycles. The Kier molecular flexibility index (Phi) is 4.76. The number of nitrogens with one attached hydrogen (secondary N) is 1. The second-order valence-corrected chi connectivity index (χ2v) is 5.36. The van der Waals surface area contributed by atoms with Gasteiger partial charge in [-0.05, 0) is 46.2 Å². The molecule has 0 fully saturated rings. The number of aryl methyl sites for hydroxylation is 2. The zero-order chi connectivity index (χ0) is 15.5. The van der Waals surface area contributed by atoms with Gasteiger partial charge in [0, 0.05) is 12.2 Å². The largest absolute Gasteiger partial charge is 0.480 e. The van der Waals surface area contributed by atoms with Crippen molar-refractivity contribution in [2.24, 2.45) is 0 Å². The molecule has 20 heavy (non-hydrogen) atoms. The predicted molar refractivity (Wildman–Crippen MR) is 79.0 cm³/mol. The van der Waals surface area contributed by atoms with Crippen LogP contribution in [0.5, 0.6) is 0 Å². The highest BCUT2D eigenvalue weighted by atomic mass is 16.4. The normalized spacial score (nSPS) is 11.1. The zero-order valence-electron chi connectivity index (χ0n) is 12.7. The van der Waals surface area contributed by atoms with Crippen LogP contribution in [0.4, 0.5) is 10.5 Å². The molecule has 0 saturated heterocycles. The van der Waals surface area contributed by atoms with Crippen LogP contribution in [0.1, 0.15) is 31.9 Å². The van der Waals surface area contributed by atoms with Gasteiger partial charge in [0.15, 0.2) is 0 Å². The fourth-order valence-corrected chi connectivity index (χ4v) is 2.04. The lowest BCUT2D eigenvalue weighted by Gasteiger charge is -2.34. The molecule has 1 aromatic carbocycles. The molecule has 110 valence electrons. The number of aliphatic carboxylic acids is 1. The quantitative estimate of drug-likeness (QED) is 0.889. The van der Waals surface area contributed by atoms with Gasteiger partial charge in [-0.15, -0.1) is 0 Å². The molecule has 0 spiro atoms. The summed E-state index contributed by atoms with van der Waals surface area (Å²) in [6, 6.07) is 5.28. The minimum Gasteiger partial charge on any atom is -0.480 e. The lowest BCUT2D eigenvalue weighted by atomic mass is 10.0. The van der Waals surface area contributed by atoms with Gasteiger partial charge in [-0.3, -0.25) is 0 Å². The molecule has 0 bridgehead atoms. The molecule has 0 aliphatic rings. The summed E-state index contributed by atoms with van der Waals surface area (Å²) in [7, 11) is 0. The summed E-state index contributed by atoms with van der Waals surface area (Å²) < 4.78 is 0. The first-order valence-electron chi connectivity index (χ1n) is 6.59. The highest BCUT2D eigenvalue weighted by Gasteiger charge is 2.37. The van der Waals surface area contributed by atoms with Crippen molar-refractivity contribution in [3.05, 3.63) is 29.3 Å². The van der Waals surface area contributed by atoms with Crippen LogP contribution in [-0.4, -0.2) is 34.1 Å². The molecular formula is C15H22N2O3. The number of anilines is 1.